The van der Waals surface area contributed by atoms with E-state index in [1.165, 1.54) is 16.0 Å². The molecule has 0 aliphatic carbocycles. The molecule has 0 N–H and O–H groups in total. The van der Waals surface area contributed by atoms with Gasteiger partial charge in [-0.25, -0.2) is 9.69 Å². The van der Waals surface area contributed by atoms with Crippen LogP contribution in [0, 0.1) is 11.8 Å². The van der Waals surface area contributed by atoms with Crippen molar-refractivity contribution in [3.8, 4) is 0 Å². The predicted molar refractivity (Wildman–Crippen MR) is 106 cm³/mol. The maximum absolute atomic E-state index is 13.3. The molecule has 2 amide bonds. The summed E-state index contributed by atoms with van der Waals surface area (Å²) >= 11 is 0. The van der Waals surface area contributed by atoms with E-state index in [2.05, 4.69) is 20.5 Å². The van der Waals surface area contributed by atoms with Crippen LogP contribution in [0.5, 0.6) is 0 Å². The lowest BCUT2D eigenvalue weighted by atomic mass is 9.78. The first-order chi connectivity index (χ1) is 12.8. The van der Waals surface area contributed by atoms with Crippen LogP contribution in [0.4, 0.5) is 5.69 Å². The number of imide groups is 1. The summed E-state index contributed by atoms with van der Waals surface area (Å²) in [6.45, 7) is 8.46. The zero-order chi connectivity index (χ0) is 19.5. The van der Waals surface area contributed by atoms with Crippen LogP contribution in [0.1, 0.15) is 20.8 Å². The van der Waals surface area contributed by atoms with E-state index in [4.69, 9.17) is 4.74 Å². The zero-order valence-electron chi connectivity index (χ0n) is 16.1. The maximum Gasteiger partial charge on any atom is 0.343 e. The summed E-state index contributed by atoms with van der Waals surface area (Å²) in [4.78, 5) is 40.3. The van der Waals surface area contributed by atoms with Crippen molar-refractivity contribution in [2.24, 2.45) is 11.8 Å². The Balaban J connectivity index is 1.74. The van der Waals surface area contributed by atoms with Crippen molar-refractivity contribution in [2.45, 2.75) is 32.1 Å². The molecule has 3 aliphatic heterocycles. The van der Waals surface area contributed by atoms with Crippen molar-refractivity contribution in [3.05, 3.63) is 41.5 Å². The number of allylic oxidation sites excluding steroid dienone is 2. The lowest BCUT2D eigenvalue weighted by Crippen LogP contribution is -2.35. The third-order valence-electron chi connectivity index (χ3n) is 6.65. The molecule has 27 heavy (non-hydrogen) atoms. The molecule has 6 heteroatoms. The second kappa shape index (κ2) is 6.27. The molecule has 2 fully saturated rings. The number of para-hydroxylation sites is 1. The summed E-state index contributed by atoms with van der Waals surface area (Å²) in [6, 6.07) is 9.16. The van der Waals surface area contributed by atoms with Gasteiger partial charge in [0.2, 0.25) is 11.8 Å². The number of esters is 1. The van der Waals surface area contributed by atoms with E-state index in [1.54, 1.807) is 19.1 Å². The third-order valence-corrected chi connectivity index (χ3v) is 11.5. The Morgan fingerprint density at radius 3 is 2.04 bits per heavy atom. The smallest absolute Gasteiger partial charge is 0.343 e. The number of benzene rings is 1. The molecule has 142 valence electrons. The molecule has 0 radical (unpaired) electrons. The van der Waals surface area contributed by atoms with Gasteiger partial charge < -0.3 is 4.74 Å². The lowest BCUT2D eigenvalue weighted by Gasteiger charge is -2.27. The molecule has 0 spiro atoms. The first kappa shape index (κ1) is 18.4. The molecule has 5 atom stereocenters. The van der Waals surface area contributed by atoms with Gasteiger partial charge >= 0.3 is 5.97 Å². The topological polar surface area (TPSA) is 63.7 Å². The Kier molecular flexibility index (Phi) is 4.27. The Morgan fingerprint density at radius 1 is 1.04 bits per heavy atom. The molecule has 1 aromatic rings. The van der Waals surface area contributed by atoms with Crippen molar-refractivity contribution in [2.75, 3.05) is 24.3 Å². The predicted octanol–water partition coefficient (Wildman–Crippen LogP) is 3.10. The van der Waals surface area contributed by atoms with Gasteiger partial charge in [0.15, 0.2) is 6.16 Å². The fourth-order valence-corrected chi connectivity index (χ4v) is 11.3. The quantitative estimate of drug-likeness (QED) is 0.345. The Morgan fingerprint density at radius 2 is 1.56 bits per heavy atom. The number of hydrogen-bond donors (Lipinski definition) is 0. The lowest BCUT2D eigenvalue weighted by molar-refractivity contribution is -0.140. The Bertz CT molecular complexity index is 824. The van der Waals surface area contributed by atoms with Gasteiger partial charge in [-0.15, -0.1) is 0 Å². The summed E-state index contributed by atoms with van der Waals surface area (Å²) in [5.41, 5.74) is 3.08. The van der Waals surface area contributed by atoms with Crippen molar-refractivity contribution in [3.63, 3.8) is 0 Å². The fourth-order valence-electron chi connectivity index (χ4n) is 5.69. The zero-order valence-corrected chi connectivity index (χ0v) is 17.0. The van der Waals surface area contributed by atoms with E-state index in [0.717, 1.165) is 0 Å². The van der Waals surface area contributed by atoms with Gasteiger partial charge in [-0.3, -0.25) is 9.59 Å². The maximum atomic E-state index is 13.3. The van der Waals surface area contributed by atoms with Gasteiger partial charge in [0.25, 0.3) is 0 Å². The monoisotopic (exact) mass is 386 g/mol. The molecule has 3 aliphatic rings. The normalized spacial score (nSPS) is 34.4. The molecule has 0 aromatic heterocycles. The molecular weight excluding hydrogens is 361 g/mol. The average Bonchev–Trinajstić information content (AvgIpc) is 3.10. The van der Waals surface area contributed by atoms with Crippen LogP contribution >= 0.6 is 7.26 Å². The van der Waals surface area contributed by atoms with Crippen molar-refractivity contribution >= 4 is 30.7 Å². The van der Waals surface area contributed by atoms with Crippen LogP contribution in [0.15, 0.2) is 41.5 Å². The van der Waals surface area contributed by atoms with E-state index >= 15 is 0 Å². The van der Waals surface area contributed by atoms with Gasteiger partial charge in [-0.05, 0) is 44.1 Å². The summed E-state index contributed by atoms with van der Waals surface area (Å²) in [5, 5.41) is 0. The van der Waals surface area contributed by atoms with Gasteiger partial charge in [0.05, 0.1) is 30.8 Å². The van der Waals surface area contributed by atoms with E-state index < -0.39 is 7.26 Å². The van der Waals surface area contributed by atoms with E-state index in [1.807, 2.05) is 18.2 Å². The summed E-state index contributed by atoms with van der Waals surface area (Å²) in [6.07, 6.45) is 0.351. The molecule has 2 bridgehead atoms. The highest BCUT2D eigenvalue weighted by molar-refractivity contribution is 7.78. The van der Waals surface area contributed by atoms with Crippen molar-refractivity contribution < 1.29 is 19.1 Å². The highest BCUT2D eigenvalue weighted by Gasteiger charge is 2.76. The molecule has 2 saturated heterocycles. The van der Waals surface area contributed by atoms with E-state index in [0.29, 0.717) is 18.5 Å². The summed E-state index contributed by atoms with van der Waals surface area (Å²) in [7, 11) is -1.88. The van der Waals surface area contributed by atoms with Crippen molar-refractivity contribution in [1.82, 2.24) is 0 Å². The second-order valence-electron chi connectivity index (χ2n) is 7.96. The minimum Gasteiger partial charge on any atom is -0.463 e. The number of ether oxygens (including phenoxy) is 1. The number of hydrogen-bond acceptors (Lipinski definition) is 4. The number of carbonyl (C=O) groups is 3. The van der Waals surface area contributed by atoms with Gasteiger partial charge in [-0.1, -0.05) is 18.2 Å². The minimum absolute atomic E-state index is 0.0158. The first-order valence-corrected chi connectivity index (χ1v) is 12.0. The van der Waals surface area contributed by atoms with Crippen LogP contribution in [0.25, 0.3) is 0 Å². The second-order valence-corrected chi connectivity index (χ2v) is 12.1. The van der Waals surface area contributed by atoms with E-state index in [-0.39, 0.29) is 40.9 Å². The minimum atomic E-state index is -1.88. The number of carbonyl (C=O) groups excluding carboxylic acids is 3. The van der Waals surface area contributed by atoms with E-state index in [9.17, 15) is 14.4 Å². The molecule has 0 saturated carbocycles. The van der Waals surface area contributed by atoms with Gasteiger partial charge in [-0.2, -0.15) is 0 Å². The number of rotatable bonds is 4. The van der Waals surface area contributed by atoms with Gasteiger partial charge in [0.1, 0.15) is 11.3 Å². The number of anilines is 1. The van der Waals surface area contributed by atoms with Crippen molar-refractivity contribution in [1.29, 1.82) is 0 Å². The SMILES string of the molecule is CCOC(=O)C[P+]1(C)[C@@H]2C(C)=C(C)[C@H]1[C@H]1C(=O)N(c3ccccc3)C(=O)[C@H]12. The molecule has 5 nitrogen and oxygen atoms in total. The fraction of sp³-hybridized carbons (Fsp3) is 0.476. The third kappa shape index (κ3) is 2.37. The highest BCUT2D eigenvalue weighted by atomic mass is 31.2. The molecule has 1 aromatic carbocycles. The van der Waals surface area contributed by atoms with Crippen LogP contribution < -0.4 is 4.90 Å². The summed E-state index contributed by atoms with van der Waals surface area (Å²) in [5.74, 6) is -1.08. The Hall–Kier alpha value is -2.00. The summed E-state index contributed by atoms with van der Waals surface area (Å²) < 4.78 is 5.22. The van der Waals surface area contributed by atoms with Crippen LogP contribution in [-0.2, 0) is 19.1 Å². The largest absolute Gasteiger partial charge is 0.463 e. The average molecular weight is 386 g/mol. The molecule has 4 rings (SSSR count). The van der Waals surface area contributed by atoms with Crippen LogP contribution in [0.2, 0.25) is 0 Å². The first-order valence-electron chi connectivity index (χ1n) is 9.43. The molecule has 1 unspecified atom stereocenters. The molecular formula is C21H25NO4P+. The number of fused-ring (bicyclic) bond motifs is 5. The number of amides is 2. The van der Waals surface area contributed by atoms with Crippen LogP contribution in [0.3, 0.4) is 0 Å². The van der Waals surface area contributed by atoms with Gasteiger partial charge in [0, 0.05) is 7.26 Å². The molecule has 3 heterocycles. The highest BCUT2D eigenvalue weighted by Crippen LogP contribution is 2.81. The van der Waals surface area contributed by atoms with Crippen LogP contribution in [-0.4, -0.2) is 48.5 Å². The number of nitrogens with zero attached hydrogens (tertiary/aromatic N) is 1. The standard InChI is InChI=1S/C21H25NO4P/c1-5-26-15(23)11-27(4)18-12(2)13(3)19(27)17-16(18)20(24)22(21(17)25)14-9-7-6-8-10-14/h6-10,16-19H,5,11H2,1-4H3/q+1/t16-,17+,18-,19+,27?. The Labute approximate surface area is 160 Å².